The summed E-state index contributed by atoms with van der Waals surface area (Å²) in [5.74, 6) is -1.32. The van der Waals surface area contributed by atoms with Crippen LogP contribution in [0.15, 0.2) is 53.9 Å². The first-order valence-electron chi connectivity index (χ1n) is 11.3. The fourth-order valence-corrected chi connectivity index (χ4v) is 4.89. The Hall–Kier alpha value is -3.72. The Morgan fingerprint density at radius 2 is 1.66 bits per heavy atom. The van der Waals surface area contributed by atoms with Gasteiger partial charge in [-0.1, -0.05) is 62.4 Å². The van der Waals surface area contributed by atoms with Gasteiger partial charge in [0.1, 0.15) is 17.3 Å². The molecule has 8 nitrogen and oxygen atoms in total. The van der Waals surface area contributed by atoms with Crippen molar-refractivity contribution in [1.29, 1.82) is 0 Å². The molecule has 0 bridgehead atoms. The zero-order valence-electron chi connectivity index (χ0n) is 19.5. The van der Waals surface area contributed by atoms with Crippen molar-refractivity contribution in [2.24, 2.45) is 5.41 Å². The molecule has 4 rings (SSSR count). The fraction of sp³-hybridized carbons (Fsp3) is 0.308. The summed E-state index contributed by atoms with van der Waals surface area (Å²) in [6.45, 7) is 4.11. The number of fused-ring (bicyclic) bond motifs is 3. The zero-order chi connectivity index (χ0) is 25.0. The summed E-state index contributed by atoms with van der Waals surface area (Å²) < 4.78 is 5.52. The van der Waals surface area contributed by atoms with Gasteiger partial charge >= 0.3 is 12.1 Å². The lowest BCUT2D eigenvalue weighted by atomic mass is 9.89. The summed E-state index contributed by atoms with van der Waals surface area (Å²) in [7, 11) is 0. The van der Waals surface area contributed by atoms with E-state index in [1.165, 1.54) is 11.3 Å². The molecule has 0 spiro atoms. The lowest BCUT2D eigenvalue weighted by Crippen LogP contribution is -2.35. The van der Waals surface area contributed by atoms with Crippen LogP contribution in [0.1, 0.15) is 52.8 Å². The minimum absolute atomic E-state index is 0.0197. The lowest BCUT2D eigenvalue weighted by Gasteiger charge is -2.22. The van der Waals surface area contributed by atoms with Crippen molar-refractivity contribution >= 4 is 29.3 Å². The van der Waals surface area contributed by atoms with E-state index in [1.54, 1.807) is 19.2 Å². The standard InChI is InChI=1S/C26H27N3O5S/c1-26(2,11-23(30)31)15-28-24(32)21-14-35-22(29-21)12-27-25(33)34-13-20-18-9-5-3-7-16(18)17-8-4-6-10-19(17)20/h3-10,14,20H,11-13,15H2,1-2H3,(H,27,33)(H,28,32)(H,30,31). The number of alkyl carbamates (subject to hydrolysis) is 1. The first kappa shape index (κ1) is 24.4. The molecule has 1 aromatic heterocycles. The van der Waals surface area contributed by atoms with E-state index < -0.39 is 17.5 Å². The summed E-state index contributed by atoms with van der Waals surface area (Å²) >= 11 is 1.25. The van der Waals surface area contributed by atoms with E-state index in [9.17, 15) is 14.4 Å². The third-order valence-corrected chi connectivity index (χ3v) is 6.72. The van der Waals surface area contributed by atoms with E-state index in [-0.39, 0.29) is 43.6 Å². The van der Waals surface area contributed by atoms with Crippen LogP contribution in [0.25, 0.3) is 11.1 Å². The van der Waals surface area contributed by atoms with Crippen LogP contribution in [-0.4, -0.2) is 41.2 Å². The van der Waals surface area contributed by atoms with Gasteiger partial charge in [-0.25, -0.2) is 9.78 Å². The minimum Gasteiger partial charge on any atom is -0.481 e. The molecule has 0 aliphatic heterocycles. The number of hydrogen-bond acceptors (Lipinski definition) is 6. The van der Waals surface area contributed by atoms with Crippen LogP contribution in [0.4, 0.5) is 4.79 Å². The van der Waals surface area contributed by atoms with Crippen LogP contribution in [0.2, 0.25) is 0 Å². The van der Waals surface area contributed by atoms with Crippen LogP contribution in [0.3, 0.4) is 0 Å². The zero-order valence-corrected chi connectivity index (χ0v) is 20.4. The van der Waals surface area contributed by atoms with E-state index >= 15 is 0 Å². The molecule has 1 aliphatic rings. The molecule has 1 heterocycles. The highest BCUT2D eigenvalue weighted by atomic mass is 32.1. The Morgan fingerprint density at radius 3 is 2.29 bits per heavy atom. The second-order valence-electron chi connectivity index (χ2n) is 9.22. The summed E-state index contributed by atoms with van der Waals surface area (Å²) in [5.41, 5.74) is 4.26. The summed E-state index contributed by atoms with van der Waals surface area (Å²) in [4.78, 5) is 39.9. The Bertz CT molecular complexity index is 1210. The van der Waals surface area contributed by atoms with Crippen LogP contribution in [-0.2, 0) is 16.1 Å². The van der Waals surface area contributed by atoms with Gasteiger partial charge in [0, 0.05) is 17.8 Å². The number of aliphatic carboxylic acids is 1. The Kier molecular flexibility index (Phi) is 7.16. The van der Waals surface area contributed by atoms with Crippen molar-refractivity contribution < 1.29 is 24.2 Å². The largest absolute Gasteiger partial charge is 0.481 e. The molecule has 3 N–H and O–H groups in total. The number of nitrogens with one attached hydrogen (secondary N) is 2. The number of carboxylic acids is 1. The topological polar surface area (TPSA) is 118 Å². The van der Waals surface area contributed by atoms with Crippen molar-refractivity contribution in [3.8, 4) is 11.1 Å². The van der Waals surface area contributed by atoms with E-state index in [0.29, 0.717) is 5.01 Å². The second kappa shape index (κ2) is 10.3. The summed E-state index contributed by atoms with van der Waals surface area (Å²) in [5, 5.41) is 16.5. The van der Waals surface area contributed by atoms with Crippen LogP contribution in [0.5, 0.6) is 0 Å². The van der Waals surface area contributed by atoms with Crippen molar-refractivity contribution in [2.45, 2.75) is 32.7 Å². The Morgan fingerprint density at radius 1 is 1.03 bits per heavy atom. The maximum absolute atomic E-state index is 12.4. The minimum atomic E-state index is -0.917. The quantitative estimate of drug-likeness (QED) is 0.406. The monoisotopic (exact) mass is 493 g/mol. The molecule has 9 heteroatoms. The van der Waals surface area contributed by atoms with Gasteiger partial charge in [-0.05, 0) is 27.7 Å². The van der Waals surface area contributed by atoms with Crippen molar-refractivity contribution in [2.75, 3.05) is 13.2 Å². The van der Waals surface area contributed by atoms with Gasteiger partial charge in [-0.15, -0.1) is 11.3 Å². The highest BCUT2D eigenvalue weighted by molar-refractivity contribution is 7.09. The SMILES string of the molecule is CC(C)(CNC(=O)c1csc(CNC(=O)OCC2c3ccccc3-c3ccccc32)n1)CC(=O)O. The molecule has 2 aromatic carbocycles. The predicted octanol–water partition coefficient (Wildman–Crippen LogP) is 4.41. The van der Waals surface area contributed by atoms with Crippen molar-refractivity contribution in [1.82, 2.24) is 15.6 Å². The van der Waals surface area contributed by atoms with Gasteiger partial charge in [-0.3, -0.25) is 9.59 Å². The summed E-state index contributed by atoms with van der Waals surface area (Å²) in [6.07, 6.45) is -0.608. The molecule has 0 unspecified atom stereocenters. The number of aromatic nitrogens is 1. The number of thiazole rings is 1. The second-order valence-corrected chi connectivity index (χ2v) is 10.2. The van der Waals surface area contributed by atoms with Crippen LogP contribution >= 0.6 is 11.3 Å². The van der Waals surface area contributed by atoms with Crippen molar-refractivity contribution in [3.63, 3.8) is 0 Å². The highest BCUT2D eigenvalue weighted by Gasteiger charge is 2.29. The third kappa shape index (κ3) is 5.86. The average Bonchev–Trinajstić information content (AvgIpc) is 3.42. The van der Waals surface area contributed by atoms with E-state index in [2.05, 4.69) is 39.9 Å². The van der Waals surface area contributed by atoms with Gasteiger partial charge in [0.15, 0.2) is 0 Å². The maximum Gasteiger partial charge on any atom is 0.407 e. The smallest absolute Gasteiger partial charge is 0.407 e. The molecule has 0 radical (unpaired) electrons. The number of benzene rings is 2. The molecule has 0 saturated carbocycles. The number of ether oxygens (including phenoxy) is 1. The predicted molar refractivity (Wildman–Crippen MR) is 132 cm³/mol. The summed E-state index contributed by atoms with van der Waals surface area (Å²) in [6, 6.07) is 16.3. The van der Waals surface area contributed by atoms with Gasteiger partial charge in [0.25, 0.3) is 5.91 Å². The first-order chi connectivity index (χ1) is 16.7. The normalized spacial score (nSPS) is 12.5. The van der Waals surface area contributed by atoms with Gasteiger partial charge in [-0.2, -0.15) is 0 Å². The number of carboxylic acid groups (broad SMARTS) is 1. The molecule has 3 aromatic rings. The highest BCUT2D eigenvalue weighted by Crippen LogP contribution is 2.44. The molecule has 1 aliphatic carbocycles. The van der Waals surface area contributed by atoms with E-state index in [4.69, 9.17) is 9.84 Å². The molecule has 0 fully saturated rings. The van der Waals surface area contributed by atoms with Gasteiger partial charge in [0.2, 0.25) is 0 Å². The molecule has 0 atom stereocenters. The number of carbonyl (C=O) groups is 3. The van der Waals surface area contributed by atoms with E-state index in [0.717, 1.165) is 22.3 Å². The molecule has 35 heavy (non-hydrogen) atoms. The number of nitrogens with zero attached hydrogens (tertiary/aromatic N) is 1. The number of carbonyl (C=O) groups excluding carboxylic acids is 2. The number of amides is 2. The van der Waals surface area contributed by atoms with Gasteiger partial charge < -0.3 is 20.5 Å². The lowest BCUT2D eigenvalue weighted by molar-refractivity contribution is -0.139. The number of hydrogen-bond donors (Lipinski definition) is 3. The first-order valence-corrected chi connectivity index (χ1v) is 12.1. The molecule has 182 valence electrons. The average molecular weight is 494 g/mol. The van der Waals surface area contributed by atoms with Crippen molar-refractivity contribution in [3.05, 3.63) is 75.7 Å². The van der Waals surface area contributed by atoms with Gasteiger partial charge in [0.05, 0.1) is 13.0 Å². The van der Waals surface area contributed by atoms with Crippen LogP contribution in [0, 0.1) is 5.41 Å². The van der Waals surface area contributed by atoms with Crippen LogP contribution < -0.4 is 10.6 Å². The Labute approximate surface area is 207 Å². The third-order valence-electron chi connectivity index (χ3n) is 5.87. The molecule has 0 saturated heterocycles. The maximum atomic E-state index is 12.4. The fourth-order valence-electron chi connectivity index (χ4n) is 4.18. The Balaban J connectivity index is 1.27. The molecular weight excluding hydrogens is 466 g/mol. The molecule has 2 amide bonds. The number of rotatable bonds is 9. The van der Waals surface area contributed by atoms with E-state index in [1.807, 2.05) is 24.3 Å². The molecular formula is C26H27N3O5S.